The number of rotatable bonds is 3. The van der Waals surface area contributed by atoms with Gasteiger partial charge in [0, 0.05) is 31.5 Å². The van der Waals surface area contributed by atoms with Crippen molar-refractivity contribution < 1.29 is 9.53 Å². The van der Waals surface area contributed by atoms with Crippen LogP contribution in [0.4, 0.5) is 5.82 Å². The number of nitrogens with zero attached hydrogens (tertiary/aromatic N) is 4. The normalized spacial score (nSPS) is 19.3. The average Bonchev–Trinajstić information content (AvgIpc) is 3.00. The first kappa shape index (κ1) is 16.8. The van der Waals surface area contributed by atoms with Crippen molar-refractivity contribution in [2.75, 3.05) is 31.2 Å². The zero-order valence-electron chi connectivity index (χ0n) is 14.1. The second kappa shape index (κ2) is 7.29. The molecular formula is C17H22BrN5O2. The maximum atomic E-state index is 12.7. The fraction of sp³-hybridized carbons (Fsp3) is 0.588. The Balaban J connectivity index is 1.63. The average molecular weight is 408 g/mol. The van der Waals surface area contributed by atoms with Gasteiger partial charge in [-0.15, -0.1) is 0 Å². The molecule has 0 unspecified atom stereocenters. The van der Waals surface area contributed by atoms with Crippen LogP contribution < -0.4 is 10.2 Å². The van der Waals surface area contributed by atoms with Gasteiger partial charge in [0.05, 0.1) is 13.2 Å². The summed E-state index contributed by atoms with van der Waals surface area (Å²) in [4.78, 5) is 24.0. The standard InChI is InChI=1S/C17H22BrN5O2/c18-14-13(17(24)20-12-4-2-1-3-5-12)21-16-15(19-6-7-23(14)16)22-8-10-25-11-9-22/h6-7,12H,1-5,8-11H2,(H,20,24). The number of imidazole rings is 1. The number of aromatic nitrogens is 3. The van der Waals surface area contributed by atoms with Crippen LogP contribution in [0, 0.1) is 0 Å². The Morgan fingerprint density at radius 2 is 2.00 bits per heavy atom. The number of hydrogen-bond donors (Lipinski definition) is 1. The van der Waals surface area contributed by atoms with E-state index in [-0.39, 0.29) is 11.9 Å². The maximum Gasteiger partial charge on any atom is 0.272 e. The quantitative estimate of drug-likeness (QED) is 0.845. The van der Waals surface area contributed by atoms with Crippen LogP contribution in [0.1, 0.15) is 42.6 Å². The lowest BCUT2D eigenvalue weighted by atomic mass is 9.95. The van der Waals surface area contributed by atoms with Crippen LogP contribution in [0.15, 0.2) is 17.0 Å². The van der Waals surface area contributed by atoms with Gasteiger partial charge in [-0.3, -0.25) is 9.20 Å². The van der Waals surface area contributed by atoms with Crippen LogP contribution in [0.25, 0.3) is 5.65 Å². The van der Waals surface area contributed by atoms with Gasteiger partial charge in [-0.2, -0.15) is 0 Å². The molecular weight excluding hydrogens is 386 g/mol. The predicted octanol–water partition coefficient (Wildman–Crippen LogP) is 2.39. The van der Waals surface area contributed by atoms with Crippen molar-refractivity contribution in [2.24, 2.45) is 0 Å². The van der Waals surface area contributed by atoms with E-state index in [2.05, 4.69) is 36.1 Å². The fourth-order valence-corrected chi connectivity index (χ4v) is 4.13. The van der Waals surface area contributed by atoms with E-state index in [9.17, 15) is 4.79 Å². The Kier molecular flexibility index (Phi) is 4.89. The number of morpholine rings is 1. The van der Waals surface area contributed by atoms with Gasteiger partial charge < -0.3 is 15.0 Å². The molecule has 2 aromatic rings. The molecule has 1 saturated heterocycles. The van der Waals surface area contributed by atoms with Crippen LogP contribution in [0.3, 0.4) is 0 Å². The first-order chi connectivity index (χ1) is 12.2. The second-order valence-electron chi connectivity index (χ2n) is 6.60. The Morgan fingerprint density at radius 1 is 1.24 bits per heavy atom. The first-order valence-corrected chi connectivity index (χ1v) is 9.69. The van der Waals surface area contributed by atoms with Crippen molar-refractivity contribution in [2.45, 2.75) is 38.1 Å². The van der Waals surface area contributed by atoms with E-state index < -0.39 is 0 Å². The number of halogens is 1. The molecule has 0 atom stereocenters. The number of carbonyl (C=O) groups excluding carboxylic acids is 1. The smallest absolute Gasteiger partial charge is 0.272 e. The molecule has 1 aliphatic heterocycles. The number of fused-ring (bicyclic) bond motifs is 1. The van der Waals surface area contributed by atoms with E-state index in [4.69, 9.17) is 4.74 Å². The molecule has 2 aromatic heterocycles. The lowest BCUT2D eigenvalue weighted by Gasteiger charge is -2.27. The first-order valence-electron chi connectivity index (χ1n) is 8.90. The summed E-state index contributed by atoms with van der Waals surface area (Å²) in [5, 5.41) is 3.14. The molecule has 0 bridgehead atoms. The Labute approximate surface area is 154 Å². The van der Waals surface area contributed by atoms with E-state index in [1.165, 1.54) is 19.3 Å². The van der Waals surface area contributed by atoms with Crippen LogP contribution in [0.5, 0.6) is 0 Å². The number of hydrogen-bond acceptors (Lipinski definition) is 5. The molecule has 1 aliphatic carbocycles. The summed E-state index contributed by atoms with van der Waals surface area (Å²) in [7, 11) is 0. The molecule has 0 radical (unpaired) electrons. The number of anilines is 1. The number of nitrogens with one attached hydrogen (secondary N) is 1. The minimum Gasteiger partial charge on any atom is -0.378 e. The van der Waals surface area contributed by atoms with E-state index in [1.807, 2.05) is 10.6 Å². The van der Waals surface area contributed by atoms with Crippen molar-refractivity contribution in [1.82, 2.24) is 19.7 Å². The van der Waals surface area contributed by atoms with Gasteiger partial charge in [0.1, 0.15) is 4.60 Å². The van der Waals surface area contributed by atoms with Gasteiger partial charge in [-0.25, -0.2) is 9.97 Å². The highest BCUT2D eigenvalue weighted by atomic mass is 79.9. The number of amides is 1. The number of carbonyl (C=O) groups is 1. The Hall–Kier alpha value is -1.67. The minimum absolute atomic E-state index is 0.115. The van der Waals surface area contributed by atoms with Gasteiger partial charge in [0.2, 0.25) is 0 Å². The molecule has 1 saturated carbocycles. The molecule has 25 heavy (non-hydrogen) atoms. The monoisotopic (exact) mass is 407 g/mol. The molecule has 2 aliphatic rings. The third kappa shape index (κ3) is 3.37. The van der Waals surface area contributed by atoms with Crippen LogP contribution in [-0.2, 0) is 4.74 Å². The van der Waals surface area contributed by atoms with Crippen LogP contribution >= 0.6 is 15.9 Å². The Morgan fingerprint density at radius 3 is 2.76 bits per heavy atom. The van der Waals surface area contributed by atoms with Crippen LogP contribution in [-0.4, -0.2) is 52.6 Å². The van der Waals surface area contributed by atoms with E-state index in [0.717, 1.165) is 31.7 Å². The predicted molar refractivity (Wildman–Crippen MR) is 98.1 cm³/mol. The fourth-order valence-electron chi connectivity index (χ4n) is 3.58. The topological polar surface area (TPSA) is 71.8 Å². The molecule has 8 heteroatoms. The SMILES string of the molecule is O=C(NC1CCCCC1)c1nc2c(N3CCOCC3)nccn2c1Br. The highest BCUT2D eigenvalue weighted by Gasteiger charge is 2.24. The van der Waals surface area contributed by atoms with E-state index in [1.54, 1.807) is 6.20 Å². The van der Waals surface area contributed by atoms with Crippen LogP contribution in [0.2, 0.25) is 0 Å². The third-order valence-electron chi connectivity index (χ3n) is 4.93. The number of ether oxygens (including phenoxy) is 1. The molecule has 0 spiro atoms. The summed E-state index contributed by atoms with van der Waals surface area (Å²) in [6.07, 6.45) is 9.30. The second-order valence-corrected chi connectivity index (χ2v) is 7.35. The lowest BCUT2D eigenvalue weighted by molar-refractivity contribution is 0.0922. The summed E-state index contributed by atoms with van der Waals surface area (Å²) < 4.78 is 7.97. The highest BCUT2D eigenvalue weighted by Crippen LogP contribution is 2.26. The molecule has 1 amide bonds. The molecule has 2 fully saturated rings. The van der Waals surface area contributed by atoms with E-state index in [0.29, 0.717) is 29.2 Å². The van der Waals surface area contributed by atoms with Crippen molar-refractivity contribution >= 4 is 33.3 Å². The zero-order valence-corrected chi connectivity index (χ0v) is 15.7. The molecule has 4 rings (SSSR count). The highest BCUT2D eigenvalue weighted by molar-refractivity contribution is 9.10. The summed E-state index contributed by atoms with van der Waals surface area (Å²) in [6, 6.07) is 0.259. The van der Waals surface area contributed by atoms with E-state index >= 15 is 0 Å². The van der Waals surface area contributed by atoms with Crippen molar-refractivity contribution in [3.63, 3.8) is 0 Å². The molecule has 7 nitrogen and oxygen atoms in total. The van der Waals surface area contributed by atoms with Gasteiger partial charge in [-0.05, 0) is 28.8 Å². The largest absolute Gasteiger partial charge is 0.378 e. The summed E-state index contributed by atoms with van der Waals surface area (Å²) in [5.74, 6) is 0.679. The molecule has 1 N–H and O–H groups in total. The van der Waals surface area contributed by atoms with Gasteiger partial charge in [0.15, 0.2) is 17.2 Å². The van der Waals surface area contributed by atoms with Crippen molar-refractivity contribution in [3.8, 4) is 0 Å². The van der Waals surface area contributed by atoms with Gasteiger partial charge in [-0.1, -0.05) is 19.3 Å². The molecule has 0 aromatic carbocycles. The zero-order chi connectivity index (χ0) is 17.2. The molecule has 134 valence electrons. The van der Waals surface area contributed by atoms with Crippen molar-refractivity contribution in [1.29, 1.82) is 0 Å². The maximum absolute atomic E-state index is 12.7. The third-order valence-corrected chi connectivity index (χ3v) is 5.69. The summed E-state index contributed by atoms with van der Waals surface area (Å²) in [6.45, 7) is 2.92. The molecule has 3 heterocycles. The Bertz CT molecular complexity index is 766. The van der Waals surface area contributed by atoms with Crippen molar-refractivity contribution in [3.05, 3.63) is 22.7 Å². The minimum atomic E-state index is -0.115. The van der Waals surface area contributed by atoms with Gasteiger partial charge in [0.25, 0.3) is 5.91 Å². The van der Waals surface area contributed by atoms with Gasteiger partial charge >= 0.3 is 0 Å². The lowest BCUT2D eigenvalue weighted by Crippen LogP contribution is -2.37. The summed E-state index contributed by atoms with van der Waals surface area (Å²) >= 11 is 3.54. The summed E-state index contributed by atoms with van der Waals surface area (Å²) in [5.41, 5.74) is 1.12.